The Labute approximate surface area is 128 Å². The molecule has 0 radical (unpaired) electrons. The molecule has 0 bridgehead atoms. The topological polar surface area (TPSA) is 23.5 Å². The fraction of sp³-hybridized carbons (Fsp3) is 0.684. The molecule has 0 aromatic heterocycles. The van der Waals surface area contributed by atoms with Gasteiger partial charge in [-0.25, -0.2) is 0 Å². The van der Waals surface area contributed by atoms with Crippen molar-refractivity contribution in [2.45, 2.75) is 51.5 Å². The molecule has 0 spiro atoms. The number of phenols is 1. The number of likely N-dealkylation sites (tertiary alicyclic amines) is 1. The van der Waals surface area contributed by atoms with E-state index in [-0.39, 0.29) is 0 Å². The molecule has 2 heteroatoms. The van der Waals surface area contributed by atoms with Crippen molar-refractivity contribution in [1.82, 2.24) is 4.90 Å². The van der Waals surface area contributed by atoms with Crippen molar-refractivity contribution >= 4 is 0 Å². The fourth-order valence-corrected chi connectivity index (χ4v) is 5.43. The van der Waals surface area contributed by atoms with E-state index in [1.165, 1.54) is 49.9 Å². The molecule has 1 N–H and O–H groups in total. The van der Waals surface area contributed by atoms with Crippen LogP contribution in [-0.2, 0) is 6.42 Å². The smallest absolute Gasteiger partial charge is 0.115 e. The van der Waals surface area contributed by atoms with Crippen LogP contribution < -0.4 is 0 Å². The Balaban J connectivity index is 1.72. The lowest BCUT2D eigenvalue weighted by Gasteiger charge is -2.58. The number of nitrogens with zero attached hydrogens (tertiary/aromatic N) is 1. The van der Waals surface area contributed by atoms with E-state index in [4.69, 9.17) is 0 Å². The van der Waals surface area contributed by atoms with Crippen molar-refractivity contribution in [1.29, 1.82) is 0 Å². The van der Waals surface area contributed by atoms with Gasteiger partial charge in [0.1, 0.15) is 5.75 Å². The number of hydrogen-bond acceptors (Lipinski definition) is 2. The van der Waals surface area contributed by atoms with Gasteiger partial charge in [-0.3, -0.25) is 4.90 Å². The second-order valence-electron chi connectivity index (χ2n) is 7.52. The van der Waals surface area contributed by atoms with E-state index < -0.39 is 0 Å². The minimum atomic E-state index is 0.436. The third-order valence-corrected chi connectivity index (χ3v) is 6.49. The van der Waals surface area contributed by atoms with Gasteiger partial charge in [-0.2, -0.15) is 0 Å². The van der Waals surface area contributed by atoms with Gasteiger partial charge in [-0.05, 0) is 79.2 Å². The molecular formula is C19H27NO. The molecule has 1 aromatic carbocycles. The zero-order valence-electron chi connectivity index (χ0n) is 13.3. The molecule has 2 fully saturated rings. The van der Waals surface area contributed by atoms with E-state index >= 15 is 0 Å². The second kappa shape index (κ2) is 5.01. The SMILES string of the molecule is CCCN1CC2CCC2C2C1Cc1ccc(O)cc1[C@H]2C. The lowest BCUT2D eigenvalue weighted by molar-refractivity contribution is -0.0624. The molecule has 2 aliphatic carbocycles. The number of hydrogen-bond donors (Lipinski definition) is 1. The van der Waals surface area contributed by atoms with Gasteiger partial charge in [-0.1, -0.05) is 19.9 Å². The predicted molar refractivity (Wildman–Crippen MR) is 85.6 cm³/mol. The monoisotopic (exact) mass is 285 g/mol. The molecule has 4 rings (SSSR count). The van der Waals surface area contributed by atoms with Crippen LogP contribution >= 0.6 is 0 Å². The molecule has 5 atom stereocenters. The minimum absolute atomic E-state index is 0.436. The number of aromatic hydroxyl groups is 1. The van der Waals surface area contributed by atoms with Gasteiger partial charge >= 0.3 is 0 Å². The van der Waals surface area contributed by atoms with Crippen LogP contribution in [0.2, 0.25) is 0 Å². The van der Waals surface area contributed by atoms with Crippen LogP contribution in [0.25, 0.3) is 0 Å². The van der Waals surface area contributed by atoms with Gasteiger partial charge in [0.25, 0.3) is 0 Å². The quantitative estimate of drug-likeness (QED) is 0.893. The molecule has 1 saturated carbocycles. The van der Waals surface area contributed by atoms with Gasteiger partial charge in [-0.15, -0.1) is 0 Å². The summed E-state index contributed by atoms with van der Waals surface area (Å²) in [5.41, 5.74) is 2.89. The van der Waals surface area contributed by atoms with Crippen LogP contribution in [0.15, 0.2) is 18.2 Å². The summed E-state index contributed by atoms with van der Waals surface area (Å²) in [6, 6.07) is 6.79. The molecule has 2 nitrogen and oxygen atoms in total. The van der Waals surface area contributed by atoms with Crippen molar-refractivity contribution in [2.75, 3.05) is 13.1 Å². The summed E-state index contributed by atoms with van der Waals surface area (Å²) in [6.45, 7) is 7.30. The zero-order valence-corrected chi connectivity index (χ0v) is 13.3. The van der Waals surface area contributed by atoms with Crippen LogP contribution in [-0.4, -0.2) is 29.1 Å². The highest BCUT2D eigenvalue weighted by atomic mass is 16.3. The number of benzene rings is 1. The number of phenolic OH excluding ortho intramolecular Hbond substituents is 1. The average molecular weight is 285 g/mol. The number of rotatable bonds is 2. The van der Waals surface area contributed by atoms with Crippen molar-refractivity contribution in [3.05, 3.63) is 29.3 Å². The number of fused-ring (bicyclic) bond motifs is 4. The van der Waals surface area contributed by atoms with E-state index in [2.05, 4.69) is 24.8 Å². The summed E-state index contributed by atoms with van der Waals surface area (Å²) in [7, 11) is 0. The average Bonchev–Trinajstić information content (AvgIpc) is 2.44. The first-order chi connectivity index (χ1) is 10.2. The van der Waals surface area contributed by atoms with E-state index in [9.17, 15) is 5.11 Å². The lowest BCUT2D eigenvalue weighted by atomic mass is 9.55. The fourth-order valence-electron chi connectivity index (χ4n) is 5.43. The Bertz CT molecular complexity index is 540. The van der Waals surface area contributed by atoms with E-state index in [1.54, 1.807) is 0 Å². The molecular weight excluding hydrogens is 258 g/mol. The summed E-state index contributed by atoms with van der Waals surface area (Å²) in [5.74, 6) is 3.72. The molecule has 3 aliphatic rings. The second-order valence-corrected chi connectivity index (χ2v) is 7.52. The molecule has 1 heterocycles. The minimum Gasteiger partial charge on any atom is -0.508 e. The molecule has 4 unspecified atom stereocenters. The maximum Gasteiger partial charge on any atom is 0.115 e. The van der Waals surface area contributed by atoms with Gasteiger partial charge < -0.3 is 5.11 Å². The van der Waals surface area contributed by atoms with Crippen LogP contribution in [0, 0.1) is 17.8 Å². The van der Waals surface area contributed by atoms with Crippen LogP contribution in [0.3, 0.4) is 0 Å². The third-order valence-electron chi connectivity index (χ3n) is 6.49. The van der Waals surface area contributed by atoms with Crippen molar-refractivity contribution in [3.8, 4) is 5.75 Å². The molecule has 1 aliphatic heterocycles. The highest BCUT2D eigenvalue weighted by Gasteiger charge is 2.51. The molecule has 1 saturated heterocycles. The Kier molecular flexibility index (Phi) is 3.25. The van der Waals surface area contributed by atoms with Crippen molar-refractivity contribution in [3.63, 3.8) is 0 Å². The maximum absolute atomic E-state index is 9.86. The maximum atomic E-state index is 9.86. The molecule has 21 heavy (non-hydrogen) atoms. The summed E-state index contributed by atoms with van der Waals surface area (Å²) < 4.78 is 0. The predicted octanol–water partition coefficient (Wildman–Crippen LogP) is 3.79. The van der Waals surface area contributed by atoms with Crippen molar-refractivity contribution in [2.24, 2.45) is 17.8 Å². The summed E-state index contributed by atoms with van der Waals surface area (Å²) in [6.07, 6.45) is 5.32. The highest BCUT2D eigenvalue weighted by molar-refractivity contribution is 5.40. The van der Waals surface area contributed by atoms with Gasteiger partial charge in [0.05, 0.1) is 0 Å². The van der Waals surface area contributed by atoms with Crippen LogP contribution in [0.1, 0.15) is 50.2 Å². The first-order valence-electron chi connectivity index (χ1n) is 8.75. The lowest BCUT2D eigenvalue weighted by Crippen LogP contribution is -2.60. The molecule has 0 amide bonds. The van der Waals surface area contributed by atoms with Crippen molar-refractivity contribution < 1.29 is 5.11 Å². The Hall–Kier alpha value is -1.02. The summed E-state index contributed by atoms with van der Waals surface area (Å²) in [4.78, 5) is 2.79. The van der Waals surface area contributed by atoms with Gasteiger partial charge in [0.15, 0.2) is 0 Å². The Morgan fingerprint density at radius 3 is 2.86 bits per heavy atom. The van der Waals surface area contributed by atoms with E-state index in [0.29, 0.717) is 11.7 Å². The highest BCUT2D eigenvalue weighted by Crippen LogP contribution is 2.54. The first-order valence-corrected chi connectivity index (χ1v) is 8.75. The standard InChI is InChI=1S/C19H27NO/c1-3-8-20-11-14-5-7-16(14)19-12(2)17-10-15(21)6-4-13(17)9-18(19)20/h4,6,10,12,14,16,18-19,21H,3,5,7-9,11H2,1-2H3/t12-,14?,16?,18?,19?/m1/s1. The van der Waals surface area contributed by atoms with E-state index in [1.807, 2.05) is 12.1 Å². The first kappa shape index (κ1) is 13.6. The van der Waals surface area contributed by atoms with Gasteiger partial charge in [0.2, 0.25) is 0 Å². The van der Waals surface area contributed by atoms with Gasteiger partial charge in [0, 0.05) is 12.6 Å². The summed E-state index contributed by atoms with van der Waals surface area (Å²) >= 11 is 0. The zero-order chi connectivity index (χ0) is 14.6. The largest absolute Gasteiger partial charge is 0.508 e. The Morgan fingerprint density at radius 2 is 2.14 bits per heavy atom. The van der Waals surface area contributed by atoms with E-state index in [0.717, 1.165) is 23.8 Å². The molecule has 1 aromatic rings. The summed E-state index contributed by atoms with van der Waals surface area (Å²) in [5, 5.41) is 9.86. The normalized spacial score (nSPS) is 38.1. The van der Waals surface area contributed by atoms with Crippen LogP contribution in [0.5, 0.6) is 5.75 Å². The Morgan fingerprint density at radius 1 is 1.29 bits per heavy atom. The molecule has 114 valence electrons. The van der Waals surface area contributed by atoms with Crippen LogP contribution in [0.4, 0.5) is 0 Å². The third kappa shape index (κ3) is 2.03. The number of piperidine rings is 1.